The van der Waals surface area contributed by atoms with E-state index in [0.717, 1.165) is 20.9 Å². The Bertz CT molecular complexity index is 988. The third kappa shape index (κ3) is 4.45. The van der Waals surface area contributed by atoms with Crippen LogP contribution in [0.5, 0.6) is 0 Å². The van der Waals surface area contributed by atoms with Crippen LogP contribution in [0.15, 0.2) is 45.1 Å². The number of nitrogens with zero attached hydrogens (tertiary/aromatic N) is 3. The van der Waals surface area contributed by atoms with Gasteiger partial charge in [0.25, 0.3) is 0 Å². The van der Waals surface area contributed by atoms with Crippen molar-refractivity contribution < 1.29 is 4.74 Å². The zero-order valence-corrected chi connectivity index (χ0v) is 17.4. The first kappa shape index (κ1) is 19.3. The fourth-order valence-electron chi connectivity index (χ4n) is 2.26. The van der Waals surface area contributed by atoms with E-state index < -0.39 is 0 Å². The van der Waals surface area contributed by atoms with Gasteiger partial charge in [0.05, 0.1) is 35.0 Å². The molecule has 3 rings (SSSR count). The largest absolute Gasteiger partial charge is 0.383 e. The van der Waals surface area contributed by atoms with E-state index >= 15 is 0 Å². The Labute approximate surface area is 170 Å². The minimum Gasteiger partial charge on any atom is -0.383 e. The van der Waals surface area contributed by atoms with Gasteiger partial charge in [0.2, 0.25) is 4.80 Å². The van der Waals surface area contributed by atoms with Crippen molar-refractivity contribution in [1.82, 2.24) is 4.68 Å². The molecule has 0 aliphatic carbocycles. The van der Waals surface area contributed by atoms with Crippen LogP contribution in [0.4, 0.5) is 0 Å². The summed E-state index contributed by atoms with van der Waals surface area (Å²) in [4.78, 5) is 6.49. The summed E-state index contributed by atoms with van der Waals surface area (Å²) in [6.07, 6.45) is 1.86. The van der Waals surface area contributed by atoms with Gasteiger partial charge in [-0.15, -0.1) is 22.7 Å². The first-order valence-corrected chi connectivity index (χ1v) is 10.4. The lowest BCUT2D eigenvalue weighted by molar-refractivity contribution is 0.207. The number of aromatic nitrogens is 1. The number of halogens is 2. The van der Waals surface area contributed by atoms with Gasteiger partial charge in [-0.3, -0.25) is 4.99 Å². The van der Waals surface area contributed by atoms with Crippen molar-refractivity contribution in [1.29, 1.82) is 0 Å². The molecule has 1 aromatic carbocycles. The van der Waals surface area contributed by atoms with E-state index in [9.17, 15) is 0 Å². The maximum absolute atomic E-state index is 6.40. The van der Waals surface area contributed by atoms with Gasteiger partial charge in [0, 0.05) is 23.1 Å². The molecular formula is C18H17Cl2N3OS2. The lowest BCUT2D eigenvalue weighted by Crippen LogP contribution is -2.13. The van der Waals surface area contributed by atoms with Gasteiger partial charge >= 0.3 is 0 Å². The van der Waals surface area contributed by atoms with Gasteiger partial charge in [-0.2, -0.15) is 5.10 Å². The van der Waals surface area contributed by atoms with Crippen LogP contribution in [0.3, 0.4) is 0 Å². The van der Waals surface area contributed by atoms with Gasteiger partial charge in [-0.05, 0) is 42.1 Å². The molecule has 0 spiro atoms. The molecule has 2 aromatic heterocycles. The van der Waals surface area contributed by atoms with Gasteiger partial charge < -0.3 is 4.74 Å². The average Bonchev–Trinajstić information content (AvgIpc) is 3.19. The van der Waals surface area contributed by atoms with Gasteiger partial charge in [-0.25, -0.2) is 4.68 Å². The molecule has 0 unspecified atom stereocenters. The van der Waals surface area contributed by atoms with E-state index in [1.807, 2.05) is 28.4 Å². The Morgan fingerprint density at radius 2 is 2.08 bits per heavy atom. The number of benzene rings is 1. The molecule has 0 saturated carbocycles. The van der Waals surface area contributed by atoms with E-state index in [4.69, 9.17) is 27.9 Å². The van der Waals surface area contributed by atoms with Crippen LogP contribution < -0.4 is 4.80 Å². The second-order valence-corrected chi connectivity index (χ2v) is 8.05. The smallest absolute Gasteiger partial charge is 0.206 e. The Balaban J connectivity index is 2.08. The Kier molecular flexibility index (Phi) is 6.67. The molecule has 2 heterocycles. The molecule has 0 radical (unpaired) electrons. The molecule has 0 aliphatic heterocycles. The second-order valence-electron chi connectivity index (χ2n) is 5.43. The third-order valence-corrected chi connectivity index (χ3v) is 5.98. The van der Waals surface area contributed by atoms with Crippen molar-refractivity contribution >= 4 is 52.1 Å². The number of thiophene rings is 1. The molecule has 136 valence electrons. The lowest BCUT2D eigenvalue weighted by atomic mass is 10.2. The molecule has 0 aliphatic rings. The number of methoxy groups -OCH3 is 1. The first-order valence-electron chi connectivity index (χ1n) is 7.84. The lowest BCUT2D eigenvalue weighted by Gasteiger charge is -2.06. The topological polar surface area (TPSA) is 38.9 Å². The van der Waals surface area contributed by atoms with Crippen molar-refractivity contribution in [3.05, 3.63) is 60.3 Å². The summed E-state index contributed by atoms with van der Waals surface area (Å²) in [5.74, 6) is 0. The second kappa shape index (κ2) is 8.97. The number of ether oxygens (including phenoxy) is 1. The molecule has 0 saturated heterocycles. The molecule has 0 bridgehead atoms. The standard InChI is InChI=1S/C18H17Cl2N3OS2/c1-12-5-8-25-17(12)10-22-23-16(11-26-18(23)21-6-7-24-2)14-4-3-13(19)9-15(14)20/h3-5,8-11H,6-7H2,1-2H3. The number of aryl methyl sites for hydroxylation is 1. The van der Waals surface area contributed by atoms with Crippen LogP contribution >= 0.6 is 45.9 Å². The summed E-state index contributed by atoms with van der Waals surface area (Å²) >= 11 is 15.6. The quantitative estimate of drug-likeness (QED) is 0.388. The van der Waals surface area contributed by atoms with Crippen LogP contribution in [0.1, 0.15) is 10.4 Å². The Hall–Kier alpha value is -1.44. The molecule has 0 fully saturated rings. The molecule has 0 N–H and O–H groups in total. The van der Waals surface area contributed by atoms with E-state index in [1.165, 1.54) is 16.9 Å². The van der Waals surface area contributed by atoms with Gasteiger partial charge in [0.1, 0.15) is 0 Å². The Morgan fingerprint density at radius 3 is 2.77 bits per heavy atom. The normalized spacial score (nSPS) is 12.4. The van der Waals surface area contributed by atoms with Crippen molar-refractivity contribution in [2.45, 2.75) is 6.92 Å². The molecule has 0 amide bonds. The molecule has 26 heavy (non-hydrogen) atoms. The van der Waals surface area contributed by atoms with Crippen molar-refractivity contribution in [3.63, 3.8) is 0 Å². The van der Waals surface area contributed by atoms with Crippen molar-refractivity contribution in [2.24, 2.45) is 10.1 Å². The third-order valence-electron chi connectivity index (χ3n) is 3.63. The highest BCUT2D eigenvalue weighted by Gasteiger charge is 2.11. The summed E-state index contributed by atoms with van der Waals surface area (Å²) in [6.45, 7) is 3.19. The number of thiazole rings is 1. The number of hydrogen-bond donors (Lipinski definition) is 0. The monoisotopic (exact) mass is 425 g/mol. The highest BCUT2D eigenvalue weighted by Crippen LogP contribution is 2.30. The number of rotatable bonds is 6. The van der Waals surface area contributed by atoms with E-state index in [-0.39, 0.29) is 0 Å². The zero-order valence-electron chi connectivity index (χ0n) is 14.3. The fraction of sp³-hybridized carbons (Fsp3) is 0.222. The zero-order chi connectivity index (χ0) is 18.5. The van der Waals surface area contributed by atoms with Gasteiger partial charge in [-0.1, -0.05) is 23.2 Å². The summed E-state index contributed by atoms with van der Waals surface area (Å²) in [7, 11) is 1.66. The predicted molar refractivity (Wildman–Crippen MR) is 112 cm³/mol. The van der Waals surface area contributed by atoms with Crippen LogP contribution in [0.25, 0.3) is 11.3 Å². The molecule has 8 heteroatoms. The van der Waals surface area contributed by atoms with Crippen LogP contribution in [-0.2, 0) is 4.74 Å². The van der Waals surface area contributed by atoms with E-state index in [1.54, 1.807) is 24.5 Å². The van der Waals surface area contributed by atoms with Crippen LogP contribution in [0.2, 0.25) is 10.0 Å². The molecule has 0 atom stereocenters. The summed E-state index contributed by atoms with van der Waals surface area (Å²) in [5.41, 5.74) is 2.93. The van der Waals surface area contributed by atoms with E-state index in [0.29, 0.717) is 23.2 Å². The maximum Gasteiger partial charge on any atom is 0.206 e. The molecular weight excluding hydrogens is 409 g/mol. The van der Waals surface area contributed by atoms with E-state index in [2.05, 4.69) is 28.5 Å². The van der Waals surface area contributed by atoms with Gasteiger partial charge in [0.15, 0.2) is 0 Å². The minimum absolute atomic E-state index is 0.558. The summed E-state index contributed by atoms with van der Waals surface area (Å²) < 4.78 is 6.90. The Morgan fingerprint density at radius 1 is 1.23 bits per heavy atom. The SMILES string of the molecule is COCCN=c1scc(-c2ccc(Cl)cc2Cl)n1N=Cc1sccc1C. The maximum atomic E-state index is 6.40. The summed E-state index contributed by atoms with van der Waals surface area (Å²) in [5, 5.41) is 9.90. The van der Waals surface area contributed by atoms with Crippen molar-refractivity contribution in [3.8, 4) is 11.3 Å². The number of hydrogen-bond acceptors (Lipinski definition) is 5. The predicted octanol–water partition coefficient (Wildman–Crippen LogP) is 5.32. The average molecular weight is 426 g/mol. The minimum atomic E-state index is 0.558. The van der Waals surface area contributed by atoms with Crippen LogP contribution in [-0.4, -0.2) is 31.2 Å². The molecule has 4 nitrogen and oxygen atoms in total. The fourth-order valence-corrected chi connectivity index (χ4v) is 4.40. The highest BCUT2D eigenvalue weighted by atomic mass is 35.5. The van der Waals surface area contributed by atoms with Crippen molar-refractivity contribution in [2.75, 3.05) is 20.3 Å². The summed E-state index contributed by atoms with van der Waals surface area (Å²) in [6, 6.07) is 7.52. The van der Waals surface area contributed by atoms with Crippen LogP contribution in [0, 0.1) is 6.92 Å². The first-order chi connectivity index (χ1) is 12.6. The molecule has 3 aromatic rings. The highest BCUT2D eigenvalue weighted by molar-refractivity contribution is 7.11.